The highest BCUT2D eigenvalue weighted by molar-refractivity contribution is 6.61. The zero-order valence-corrected chi connectivity index (χ0v) is 24.0. The number of carbonyl (C=O) groups is 1. The first kappa shape index (κ1) is 31.9. The molecule has 0 aliphatic rings. The number of hydrogen-bond donors (Lipinski definition) is 0. The average molecular weight is 495 g/mol. The summed E-state index contributed by atoms with van der Waals surface area (Å²) in [5.74, 6) is 0.251. The van der Waals surface area contributed by atoms with E-state index in [1.54, 1.807) is 0 Å². The third-order valence-electron chi connectivity index (χ3n) is 5.57. The van der Waals surface area contributed by atoms with E-state index >= 15 is 0 Å². The largest absolute Gasteiger partial charge is 0.500 e. The molecule has 0 amide bonds. The third-order valence-corrected chi connectivity index (χ3v) is 11.7. The topological polar surface area (TPSA) is 72.5 Å². The molecule has 0 aromatic carbocycles. The van der Waals surface area contributed by atoms with Crippen LogP contribution in [-0.4, -0.2) is 63.0 Å². The molecule has 2 unspecified atom stereocenters. The molecule has 0 aliphatic heterocycles. The molecule has 0 heterocycles. The van der Waals surface area contributed by atoms with Gasteiger partial charge in [-0.1, -0.05) is 13.8 Å². The number of ketones is 1. The Morgan fingerprint density at radius 2 is 0.781 bits per heavy atom. The minimum absolute atomic E-state index is 0.0319. The minimum Gasteiger partial charge on any atom is -0.374 e. The zero-order valence-electron chi connectivity index (χ0n) is 22.0. The molecule has 192 valence electrons. The Labute approximate surface area is 199 Å². The average Bonchev–Trinajstić information content (AvgIpc) is 2.76. The van der Waals surface area contributed by atoms with Crippen molar-refractivity contribution < 1.29 is 31.4 Å². The maximum atomic E-state index is 13.5. The van der Waals surface area contributed by atoms with Crippen molar-refractivity contribution in [1.82, 2.24) is 0 Å². The summed E-state index contributed by atoms with van der Waals surface area (Å²) in [5.41, 5.74) is 0. The third kappa shape index (κ3) is 10.9. The summed E-state index contributed by atoms with van der Waals surface area (Å²) < 4.78 is 35.9. The molecule has 0 bridgehead atoms. The number of carbonyl (C=O) groups excluding carboxylic acids is 1. The van der Waals surface area contributed by atoms with Gasteiger partial charge in [-0.15, -0.1) is 0 Å². The molecule has 9 heteroatoms. The quantitative estimate of drug-likeness (QED) is 0.184. The zero-order chi connectivity index (χ0) is 24.5. The minimum atomic E-state index is -2.75. The van der Waals surface area contributed by atoms with Gasteiger partial charge in [0.15, 0.2) is 0 Å². The van der Waals surface area contributed by atoms with Crippen molar-refractivity contribution in [2.24, 2.45) is 11.8 Å². The van der Waals surface area contributed by atoms with Crippen molar-refractivity contribution in [3.8, 4) is 0 Å². The monoisotopic (exact) mass is 494 g/mol. The molecule has 0 aliphatic carbocycles. The fourth-order valence-corrected chi connectivity index (χ4v) is 9.54. The Hall–Kier alpha value is -0.136. The molecular weight excluding hydrogens is 444 g/mol. The van der Waals surface area contributed by atoms with Crippen LogP contribution in [0.15, 0.2) is 0 Å². The van der Waals surface area contributed by atoms with Crippen LogP contribution in [0.2, 0.25) is 12.1 Å². The van der Waals surface area contributed by atoms with Gasteiger partial charge < -0.3 is 26.6 Å². The van der Waals surface area contributed by atoms with Crippen molar-refractivity contribution in [2.45, 2.75) is 93.2 Å². The first-order valence-electron chi connectivity index (χ1n) is 12.7. The molecule has 0 spiro atoms. The van der Waals surface area contributed by atoms with Crippen molar-refractivity contribution in [3.63, 3.8) is 0 Å². The van der Waals surface area contributed by atoms with Crippen LogP contribution in [0.3, 0.4) is 0 Å². The van der Waals surface area contributed by atoms with Crippen molar-refractivity contribution in [2.75, 3.05) is 39.6 Å². The Bertz CT molecular complexity index is 405. The molecule has 0 saturated heterocycles. The molecule has 0 aromatic heterocycles. The lowest BCUT2D eigenvalue weighted by Crippen LogP contribution is -2.47. The van der Waals surface area contributed by atoms with E-state index in [0.29, 0.717) is 57.5 Å². The number of rotatable bonds is 22. The highest BCUT2D eigenvalue weighted by atomic mass is 28.4. The van der Waals surface area contributed by atoms with Crippen LogP contribution in [0.25, 0.3) is 0 Å². The highest BCUT2D eigenvalue weighted by Crippen LogP contribution is 2.29. The summed E-state index contributed by atoms with van der Waals surface area (Å²) in [6, 6.07) is 1.33. The van der Waals surface area contributed by atoms with Crippen LogP contribution in [0.1, 0.15) is 81.1 Å². The Balaban J connectivity index is 5.29. The van der Waals surface area contributed by atoms with Crippen LogP contribution < -0.4 is 0 Å². The van der Waals surface area contributed by atoms with Crippen LogP contribution in [0.5, 0.6) is 0 Å². The summed E-state index contributed by atoms with van der Waals surface area (Å²) in [6.07, 6.45) is 3.05. The van der Waals surface area contributed by atoms with Gasteiger partial charge in [-0.3, -0.25) is 4.79 Å². The van der Waals surface area contributed by atoms with Crippen molar-refractivity contribution in [1.29, 1.82) is 0 Å². The molecule has 0 saturated carbocycles. The maximum Gasteiger partial charge on any atom is 0.500 e. The van der Waals surface area contributed by atoms with Gasteiger partial charge in [0.05, 0.1) is 0 Å². The SMILES string of the molecule is CCO[Si](CCC(CC)C(=O)C(CC)CC[Si](OCC)(OCC)OCC)(OCC)OCC. The maximum absolute atomic E-state index is 13.5. The Kier molecular flexibility index (Phi) is 18.1. The smallest absolute Gasteiger partial charge is 0.374 e. The van der Waals surface area contributed by atoms with Gasteiger partial charge in [-0.05, 0) is 67.2 Å². The van der Waals surface area contributed by atoms with Gasteiger partial charge in [0.2, 0.25) is 0 Å². The number of hydrogen-bond acceptors (Lipinski definition) is 7. The van der Waals surface area contributed by atoms with E-state index in [2.05, 4.69) is 13.8 Å². The molecule has 0 aromatic rings. The van der Waals surface area contributed by atoms with E-state index in [-0.39, 0.29) is 11.8 Å². The van der Waals surface area contributed by atoms with E-state index in [1.165, 1.54) is 0 Å². The highest BCUT2D eigenvalue weighted by Gasteiger charge is 2.43. The molecule has 0 rings (SSSR count). The molecule has 7 nitrogen and oxygen atoms in total. The van der Waals surface area contributed by atoms with Crippen LogP contribution in [0.4, 0.5) is 0 Å². The van der Waals surface area contributed by atoms with Gasteiger partial charge >= 0.3 is 17.6 Å². The van der Waals surface area contributed by atoms with Crippen LogP contribution in [0, 0.1) is 11.8 Å². The molecule has 0 radical (unpaired) electrons. The van der Waals surface area contributed by atoms with E-state index in [1.807, 2.05) is 41.5 Å². The fraction of sp³-hybridized carbons (Fsp3) is 0.957. The lowest BCUT2D eigenvalue weighted by atomic mass is 9.86. The van der Waals surface area contributed by atoms with Crippen LogP contribution >= 0.6 is 0 Å². The standard InChI is InChI=1S/C23H50O7Si2/c1-9-21(17-19-31(25-11-3,26-12-4)27-13-5)23(24)22(10-2)18-20-32(28-14-6,29-15-7)30-16-8/h21-22H,9-20H2,1-8H3. The van der Waals surface area contributed by atoms with E-state index < -0.39 is 17.6 Å². The lowest BCUT2D eigenvalue weighted by Gasteiger charge is -2.31. The molecule has 0 fully saturated rings. The van der Waals surface area contributed by atoms with Gasteiger partial charge in [0.1, 0.15) is 5.78 Å². The Morgan fingerprint density at radius 3 is 0.969 bits per heavy atom. The summed E-state index contributed by atoms with van der Waals surface area (Å²) in [4.78, 5) is 13.5. The number of Topliss-reactive ketones (excluding diaryl/α,β-unsaturated/α-hetero) is 1. The molecule has 32 heavy (non-hydrogen) atoms. The predicted octanol–water partition coefficient (Wildman–Crippen LogP) is 5.48. The second-order valence-corrected chi connectivity index (χ2v) is 13.1. The Morgan fingerprint density at radius 1 is 0.531 bits per heavy atom. The van der Waals surface area contributed by atoms with E-state index in [0.717, 1.165) is 25.7 Å². The first-order chi connectivity index (χ1) is 15.4. The second kappa shape index (κ2) is 18.2. The van der Waals surface area contributed by atoms with Gasteiger partial charge in [-0.2, -0.15) is 0 Å². The van der Waals surface area contributed by atoms with E-state index in [9.17, 15) is 4.79 Å². The second-order valence-electron chi connectivity index (χ2n) is 7.65. The van der Waals surface area contributed by atoms with Crippen LogP contribution in [-0.2, 0) is 31.4 Å². The summed E-state index contributed by atoms with van der Waals surface area (Å²) in [5, 5.41) is 0. The van der Waals surface area contributed by atoms with E-state index in [4.69, 9.17) is 26.6 Å². The molecule has 2 atom stereocenters. The predicted molar refractivity (Wildman–Crippen MR) is 133 cm³/mol. The summed E-state index contributed by atoms with van der Waals surface area (Å²) in [7, 11) is -5.50. The summed E-state index contributed by atoms with van der Waals surface area (Å²) >= 11 is 0. The molecular formula is C23H50O7Si2. The normalized spacial score (nSPS) is 14.5. The fourth-order valence-electron chi connectivity index (χ4n) is 4.13. The first-order valence-corrected chi connectivity index (χ1v) is 16.6. The summed E-state index contributed by atoms with van der Waals surface area (Å²) in [6.45, 7) is 19.2. The van der Waals surface area contributed by atoms with Gasteiger partial charge in [-0.25, -0.2) is 0 Å². The van der Waals surface area contributed by atoms with Crippen molar-refractivity contribution >= 4 is 23.4 Å². The van der Waals surface area contributed by atoms with Gasteiger partial charge in [0.25, 0.3) is 0 Å². The van der Waals surface area contributed by atoms with Crippen molar-refractivity contribution in [3.05, 3.63) is 0 Å². The van der Waals surface area contributed by atoms with Gasteiger partial charge in [0, 0.05) is 63.6 Å². The molecule has 0 N–H and O–H groups in total. The lowest BCUT2D eigenvalue weighted by molar-refractivity contribution is -0.127.